The van der Waals surface area contributed by atoms with Crippen LogP contribution in [0.4, 0.5) is 5.82 Å². The number of likely N-dealkylation sites (N-methyl/N-ethyl adjacent to an activating group) is 1. The number of hydrogen-bond acceptors (Lipinski definition) is 9. The molecule has 2 saturated carbocycles. The predicted octanol–water partition coefficient (Wildman–Crippen LogP) is 2.79. The standard InChI is InChI=1S/C25H32ClN7O3S/c1-4-10-37-25-28-22(32(3)17-11-15(17)13-6-8-14(26)9-7-13)19-23(29-25)33(31-30-19)18-12-16(20(34)21(18)35)24(36)27-5-2/h6-9,15-18,20-21,34-35H,4-5,10-12H2,1-3H3,(H,27,36). The molecule has 2 fully saturated rings. The van der Waals surface area contributed by atoms with Crippen LogP contribution in [0.1, 0.15) is 50.6 Å². The summed E-state index contributed by atoms with van der Waals surface area (Å²) in [6.07, 6.45) is -0.173. The van der Waals surface area contributed by atoms with E-state index in [4.69, 9.17) is 21.6 Å². The van der Waals surface area contributed by atoms with Gasteiger partial charge in [0, 0.05) is 36.3 Å². The Balaban J connectivity index is 1.48. The SMILES string of the molecule is CCCSc1nc(N(C)C2CC2c2ccc(Cl)cc2)c2nnn(C3CC(C(=O)NCC)C(O)C3O)c2n1. The molecule has 2 aliphatic rings. The van der Waals surface area contributed by atoms with Crippen molar-refractivity contribution < 1.29 is 15.0 Å². The minimum atomic E-state index is -1.19. The van der Waals surface area contributed by atoms with Crippen molar-refractivity contribution in [1.82, 2.24) is 30.3 Å². The van der Waals surface area contributed by atoms with E-state index in [-0.39, 0.29) is 18.4 Å². The highest BCUT2D eigenvalue weighted by Gasteiger charge is 2.47. The number of amides is 1. The second-order valence-corrected chi connectivity index (χ2v) is 11.2. The van der Waals surface area contributed by atoms with Gasteiger partial charge in [-0.3, -0.25) is 4.79 Å². The van der Waals surface area contributed by atoms with Crippen LogP contribution in [0.2, 0.25) is 5.02 Å². The number of carbonyl (C=O) groups excluding carboxylic acids is 1. The maximum atomic E-state index is 12.5. The van der Waals surface area contributed by atoms with Crippen molar-refractivity contribution in [1.29, 1.82) is 0 Å². The van der Waals surface area contributed by atoms with Crippen LogP contribution in [-0.4, -0.2) is 78.7 Å². The quantitative estimate of drug-likeness (QED) is 0.274. The number of benzene rings is 1. The van der Waals surface area contributed by atoms with Gasteiger partial charge >= 0.3 is 0 Å². The van der Waals surface area contributed by atoms with Crippen LogP contribution < -0.4 is 10.2 Å². The third-order valence-corrected chi connectivity index (χ3v) is 8.57. The molecule has 0 spiro atoms. The summed E-state index contributed by atoms with van der Waals surface area (Å²) in [6.45, 7) is 4.37. The van der Waals surface area contributed by atoms with E-state index in [9.17, 15) is 15.0 Å². The van der Waals surface area contributed by atoms with Crippen LogP contribution in [0.5, 0.6) is 0 Å². The van der Waals surface area contributed by atoms with Crippen LogP contribution in [-0.2, 0) is 4.79 Å². The van der Waals surface area contributed by atoms with E-state index < -0.39 is 24.2 Å². The Morgan fingerprint density at radius 2 is 1.95 bits per heavy atom. The number of halogens is 1. The molecule has 5 rings (SSSR count). The Labute approximate surface area is 224 Å². The van der Waals surface area contributed by atoms with Gasteiger partial charge in [0.05, 0.1) is 18.1 Å². The zero-order chi connectivity index (χ0) is 26.3. The number of aromatic nitrogens is 5. The Bertz CT molecular complexity index is 1270. The highest BCUT2D eigenvalue weighted by Crippen LogP contribution is 2.46. The molecule has 2 aliphatic carbocycles. The third-order valence-electron chi connectivity index (χ3n) is 7.26. The summed E-state index contributed by atoms with van der Waals surface area (Å²) in [6, 6.07) is 7.56. The summed E-state index contributed by atoms with van der Waals surface area (Å²) >= 11 is 7.63. The zero-order valence-electron chi connectivity index (χ0n) is 21.1. The van der Waals surface area contributed by atoms with Gasteiger partial charge in [-0.2, -0.15) is 0 Å². The molecular formula is C25H32ClN7O3S. The monoisotopic (exact) mass is 545 g/mol. The van der Waals surface area contributed by atoms with E-state index in [1.54, 1.807) is 16.4 Å². The largest absolute Gasteiger partial charge is 0.390 e. The van der Waals surface area contributed by atoms with E-state index in [0.717, 1.165) is 23.6 Å². The van der Waals surface area contributed by atoms with Gasteiger partial charge in [0.2, 0.25) is 5.91 Å². The molecule has 0 radical (unpaired) electrons. The molecular weight excluding hydrogens is 514 g/mol. The van der Waals surface area contributed by atoms with Crippen LogP contribution in [0.15, 0.2) is 29.4 Å². The molecule has 2 aromatic heterocycles. The third kappa shape index (κ3) is 5.01. The molecule has 0 bridgehead atoms. The molecule has 1 aromatic carbocycles. The number of nitrogens with zero attached hydrogens (tertiary/aromatic N) is 6. The molecule has 1 amide bonds. The molecule has 6 atom stereocenters. The number of fused-ring (bicyclic) bond motifs is 1. The maximum Gasteiger partial charge on any atom is 0.225 e. The van der Waals surface area contributed by atoms with Crippen molar-refractivity contribution in [2.45, 2.75) is 68.5 Å². The fourth-order valence-electron chi connectivity index (χ4n) is 5.18. The van der Waals surface area contributed by atoms with Crippen LogP contribution >= 0.6 is 23.4 Å². The number of anilines is 1. The van der Waals surface area contributed by atoms with Gasteiger partial charge in [0.1, 0.15) is 6.10 Å². The smallest absolute Gasteiger partial charge is 0.225 e. The number of nitrogens with one attached hydrogen (secondary N) is 1. The first kappa shape index (κ1) is 26.1. The summed E-state index contributed by atoms with van der Waals surface area (Å²) in [5.41, 5.74) is 2.26. The van der Waals surface area contributed by atoms with E-state index in [2.05, 4.69) is 39.6 Å². The van der Waals surface area contributed by atoms with Gasteiger partial charge in [-0.05, 0) is 43.9 Å². The van der Waals surface area contributed by atoms with Crippen molar-refractivity contribution in [3.05, 3.63) is 34.9 Å². The normalized spacial score (nSPS) is 27.0. The first-order valence-corrected chi connectivity index (χ1v) is 14.1. The van der Waals surface area contributed by atoms with Gasteiger partial charge in [-0.15, -0.1) is 5.10 Å². The summed E-state index contributed by atoms with van der Waals surface area (Å²) < 4.78 is 1.56. The van der Waals surface area contributed by atoms with Gasteiger partial charge in [-0.25, -0.2) is 14.6 Å². The average Bonchev–Trinajstić information content (AvgIpc) is 3.50. The number of rotatable bonds is 9. The molecule has 12 heteroatoms. The molecule has 198 valence electrons. The van der Waals surface area contributed by atoms with Gasteiger partial charge in [0.25, 0.3) is 0 Å². The molecule has 3 N–H and O–H groups in total. The lowest BCUT2D eigenvalue weighted by molar-refractivity contribution is -0.128. The number of hydrogen-bond donors (Lipinski definition) is 3. The summed E-state index contributed by atoms with van der Waals surface area (Å²) in [5.74, 6) is 0.890. The first-order chi connectivity index (χ1) is 17.8. The topological polar surface area (TPSA) is 129 Å². The minimum absolute atomic E-state index is 0.237. The second-order valence-electron chi connectivity index (χ2n) is 9.74. The molecule has 10 nitrogen and oxygen atoms in total. The van der Waals surface area contributed by atoms with Crippen molar-refractivity contribution in [2.75, 3.05) is 24.2 Å². The summed E-state index contributed by atoms with van der Waals surface area (Å²) in [7, 11) is 2.01. The van der Waals surface area contributed by atoms with Crippen LogP contribution in [0, 0.1) is 5.92 Å². The summed E-state index contributed by atoms with van der Waals surface area (Å²) in [4.78, 5) is 24.2. The van der Waals surface area contributed by atoms with Crippen molar-refractivity contribution in [3.8, 4) is 0 Å². The van der Waals surface area contributed by atoms with Crippen molar-refractivity contribution >= 4 is 46.3 Å². The highest BCUT2D eigenvalue weighted by atomic mass is 35.5. The lowest BCUT2D eigenvalue weighted by atomic mass is 10.0. The predicted molar refractivity (Wildman–Crippen MR) is 143 cm³/mol. The average molecular weight is 546 g/mol. The number of aliphatic hydroxyl groups is 2. The Kier molecular flexibility index (Phi) is 7.58. The van der Waals surface area contributed by atoms with Crippen LogP contribution in [0.25, 0.3) is 11.2 Å². The Morgan fingerprint density at radius 1 is 1.19 bits per heavy atom. The van der Waals surface area contributed by atoms with E-state index in [0.29, 0.717) is 34.6 Å². The fraction of sp³-hybridized carbons (Fsp3) is 0.560. The van der Waals surface area contributed by atoms with E-state index in [1.807, 2.05) is 26.1 Å². The molecule has 0 saturated heterocycles. The number of carbonyl (C=O) groups is 1. The second kappa shape index (κ2) is 10.7. The van der Waals surface area contributed by atoms with Crippen molar-refractivity contribution in [2.24, 2.45) is 5.92 Å². The van der Waals surface area contributed by atoms with Crippen molar-refractivity contribution in [3.63, 3.8) is 0 Å². The lowest BCUT2D eigenvalue weighted by Crippen LogP contribution is -2.38. The fourth-order valence-corrected chi connectivity index (χ4v) is 5.99. The molecule has 0 aliphatic heterocycles. The lowest BCUT2D eigenvalue weighted by Gasteiger charge is -2.20. The Hall–Kier alpha value is -2.47. The highest BCUT2D eigenvalue weighted by molar-refractivity contribution is 7.99. The molecule has 37 heavy (non-hydrogen) atoms. The number of thioether (sulfide) groups is 1. The van der Waals surface area contributed by atoms with Gasteiger partial charge in [0.15, 0.2) is 22.1 Å². The van der Waals surface area contributed by atoms with Gasteiger partial charge < -0.3 is 20.4 Å². The van der Waals surface area contributed by atoms with Crippen LogP contribution in [0.3, 0.4) is 0 Å². The zero-order valence-corrected chi connectivity index (χ0v) is 22.7. The Morgan fingerprint density at radius 3 is 2.65 bits per heavy atom. The summed E-state index contributed by atoms with van der Waals surface area (Å²) in [5, 5.41) is 34.3. The molecule has 2 heterocycles. The molecule has 3 aromatic rings. The number of aliphatic hydroxyl groups excluding tert-OH is 2. The first-order valence-electron chi connectivity index (χ1n) is 12.7. The minimum Gasteiger partial charge on any atom is -0.390 e. The molecule has 6 unspecified atom stereocenters. The maximum absolute atomic E-state index is 12.5. The van der Waals surface area contributed by atoms with E-state index in [1.165, 1.54) is 5.56 Å². The van der Waals surface area contributed by atoms with E-state index >= 15 is 0 Å². The van der Waals surface area contributed by atoms with Gasteiger partial charge in [-0.1, -0.05) is 47.6 Å².